The summed E-state index contributed by atoms with van der Waals surface area (Å²) in [5.41, 5.74) is 11.1. The standard InChI is InChI=1S/C17H21N3/c1-10-6-2-3-7-11(10)15-16(19-20-17(15)18)14-12-8-4-5-9-13(12)14/h2-3,6-7,12-14H,4-5,8-9H2,1H3,(H3,18,19,20). The average molecular weight is 267 g/mol. The highest BCUT2D eigenvalue weighted by Gasteiger charge is 2.53. The molecule has 4 rings (SSSR count). The van der Waals surface area contributed by atoms with Crippen molar-refractivity contribution in [3.8, 4) is 11.1 Å². The van der Waals surface area contributed by atoms with Gasteiger partial charge < -0.3 is 5.73 Å². The van der Waals surface area contributed by atoms with Crippen LogP contribution in [0.15, 0.2) is 24.3 Å². The number of nitrogens with zero attached hydrogens (tertiary/aromatic N) is 1. The van der Waals surface area contributed by atoms with E-state index in [1.165, 1.54) is 42.5 Å². The molecule has 3 N–H and O–H groups in total. The van der Waals surface area contributed by atoms with Gasteiger partial charge in [-0.05, 0) is 42.7 Å². The zero-order chi connectivity index (χ0) is 13.7. The maximum absolute atomic E-state index is 6.15. The number of anilines is 1. The molecular weight excluding hydrogens is 246 g/mol. The van der Waals surface area contributed by atoms with E-state index in [9.17, 15) is 0 Å². The quantitative estimate of drug-likeness (QED) is 0.867. The second-order valence-corrected chi connectivity index (χ2v) is 6.35. The number of nitrogens with one attached hydrogen (secondary N) is 1. The number of nitrogens with two attached hydrogens (primary N) is 1. The number of H-pyrrole nitrogens is 1. The SMILES string of the molecule is Cc1ccccc1-c1c(N)n[nH]c1C1C2CCCCC21. The summed E-state index contributed by atoms with van der Waals surface area (Å²) in [5, 5.41) is 7.55. The Kier molecular flexibility index (Phi) is 2.62. The summed E-state index contributed by atoms with van der Waals surface area (Å²) in [6.45, 7) is 2.14. The van der Waals surface area contributed by atoms with Crippen molar-refractivity contribution >= 4 is 5.82 Å². The van der Waals surface area contributed by atoms with Crippen LogP contribution in [-0.4, -0.2) is 10.2 Å². The number of fused-ring (bicyclic) bond motifs is 1. The van der Waals surface area contributed by atoms with E-state index in [-0.39, 0.29) is 0 Å². The van der Waals surface area contributed by atoms with Gasteiger partial charge in [0.1, 0.15) is 0 Å². The van der Waals surface area contributed by atoms with Gasteiger partial charge in [-0.15, -0.1) is 0 Å². The molecule has 20 heavy (non-hydrogen) atoms. The number of hydrogen-bond acceptors (Lipinski definition) is 2. The molecule has 1 aromatic carbocycles. The number of hydrogen-bond donors (Lipinski definition) is 2. The lowest BCUT2D eigenvalue weighted by Gasteiger charge is -2.07. The maximum Gasteiger partial charge on any atom is 0.153 e. The smallest absolute Gasteiger partial charge is 0.153 e. The van der Waals surface area contributed by atoms with E-state index in [4.69, 9.17) is 5.73 Å². The predicted octanol–water partition coefficient (Wildman–Crippen LogP) is 3.87. The Bertz CT molecular complexity index is 631. The number of aryl methyl sites for hydroxylation is 1. The van der Waals surface area contributed by atoms with Crippen LogP contribution in [0.4, 0.5) is 5.82 Å². The average Bonchev–Trinajstić information content (AvgIpc) is 3.08. The lowest BCUT2D eigenvalue weighted by molar-refractivity contribution is 0.480. The third kappa shape index (κ3) is 1.69. The first-order valence-corrected chi connectivity index (χ1v) is 7.67. The van der Waals surface area contributed by atoms with Crippen LogP contribution in [0.1, 0.15) is 42.9 Å². The van der Waals surface area contributed by atoms with Gasteiger partial charge in [0.15, 0.2) is 5.82 Å². The molecule has 3 nitrogen and oxygen atoms in total. The third-order valence-electron chi connectivity index (χ3n) is 5.23. The summed E-state index contributed by atoms with van der Waals surface area (Å²) in [4.78, 5) is 0. The summed E-state index contributed by atoms with van der Waals surface area (Å²) in [7, 11) is 0. The van der Waals surface area contributed by atoms with Crippen molar-refractivity contribution in [3.63, 3.8) is 0 Å². The van der Waals surface area contributed by atoms with Crippen LogP contribution < -0.4 is 5.73 Å². The van der Waals surface area contributed by atoms with Gasteiger partial charge >= 0.3 is 0 Å². The van der Waals surface area contributed by atoms with Crippen molar-refractivity contribution < 1.29 is 0 Å². The first-order valence-electron chi connectivity index (χ1n) is 7.67. The van der Waals surface area contributed by atoms with Crippen LogP contribution in [0.2, 0.25) is 0 Å². The van der Waals surface area contributed by atoms with Crippen LogP contribution in [0.5, 0.6) is 0 Å². The van der Waals surface area contributed by atoms with Crippen LogP contribution >= 0.6 is 0 Å². The Labute approximate surface area is 119 Å². The molecule has 1 aromatic heterocycles. The van der Waals surface area contributed by atoms with Gasteiger partial charge in [-0.25, -0.2) is 0 Å². The van der Waals surface area contributed by atoms with E-state index in [0.717, 1.165) is 17.4 Å². The largest absolute Gasteiger partial charge is 0.382 e. The van der Waals surface area contributed by atoms with E-state index in [1.54, 1.807) is 0 Å². The van der Waals surface area contributed by atoms with Gasteiger partial charge in [0, 0.05) is 17.2 Å². The Hall–Kier alpha value is -1.77. The molecule has 3 heteroatoms. The highest BCUT2D eigenvalue weighted by Crippen LogP contribution is 2.62. The Morgan fingerprint density at radius 3 is 2.55 bits per heavy atom. The number of aromatic amines is 1. The van der Waals surface area contributed by atoms with Crippen molar-refractivity contribution in [1.82, 2.24) is 10.2 Å². The minimum atomic E-state index is 0.651. The van der Waals surface area contributed by atoms with Crippen molar-refractivity contribution in [2.45, 2.75) is 38.5 Å². The predicted molar refractivity (Wildman–Crippen MR) is 81.4 cm³/mol. The van der Waals surface area contributed by atoms with Crippen molar-refractivity contribution in [2.24, 2.45) is 11.8 Å². The summed E-state index contributed by atoms with van der Waals surface area (Å²) < 4.78 is 0. The second kappa shape index (κ2) is 4.37. The van der Waals surface area contributed by atoms with Crippen LogP contribution in [0.25, 0.3) is 11.1 Å². The molecule has 0 saturated heterocycles. The zero-order valence-corrected chi connectivity index (χ0v) is 11.9. The van der Waals surface area contributed by atoms with Crippen molar-refractivity contribution in [1.29, 1.82) is 0 Å². The monoisotopic (exact) mass is 267 g/mol. The Balaban J connectivity index is 1.78. The Morgan fingerprint density at radius 2 is 1.85 bits per heavy atom. The normalized spacial score (nSPS) is 28.1. The molecule has 2 atom stereocenters. The molecule has 2 saturated carbocycles. The van der Waals surface area contributed by atoms with Crippen LogP contribution in [0, 0.1) is 18.8 Å². The van der Waals surface area contributed by atoms with Gasteiger partial charge in [0.05, 0.1) is 0 Å². The van der Waals surface area contributed by atoms with E-state index in [2.05, 4.69) is 41.4 Å². The highest BCUT2D eigenvalue weighted by molar-refractivity contribution is 5.79. The zero-order valence-electron chi connectivity index (χ0n) is 11.9. The third-order valence-corrected chi connectivity index (χ3v) is 5.23. The molecule has 2 aliphatic rings. The van der Waals surface area contributed by atoms with E-state index in [0.29, 0.717) is 11.7 Å². The van der Waals surface area contributed by atoms with E-state index < -0.39 is 0 Å². The van der Waals surface area contributed by atoms with Gasteiger partial charge in [-0.2, -0.15) is 5.10 Å². The van der Waals surface area contributed by atoms with E-state index >= 15 is 0 Å². The summed E-state index contributed by atoms with van der Waals surface area (Å²) in [6, 6.07) is 8.46. The van der Waals surface area contributed by atoms with Gasteiger partial charge in [-0.3, -0.25) is 5.10 Å². The molecule has 2 fully saturated rings. The molecule has 0 amide bonds. The number of benzene rings is 1. The minimum Gasteiger partial charge on any atom is -0.382 e. The summed E-state index contributed by atoms with van der Waals surface area (Å²) >= 11 is 0. The van der Waals surface area contributed by atoms with Crippen molar-refractivity contribution in [3.05, 3.63) is 35.5 Å². The number of aromatic nitrogens is 2. The van der Waals surface area contributed by atoms with Crippen LogP contribution in [0.3, 0.4) is 0 Å². The van der Waals surface area contributed by atoms with Gasteiger partial charge in [-0.1, -0.05) is 37.1 Å². The van der Waals surface area contributed by atoms with Crippen molar-refractivity contribution in [2.75, 3.05) is 5.73 Å². The molecule has 0 radical (unpaired) electrons. The lowest BCUT2D eigenvalue weighted by Crippen LogP contribution is -1.93. The summed E-state index contributed by atoms with van der Waals surface area (Å²) in [5.74, 6) is 3.05. The van der Waals surface area contributed by atoms with Gasteiger partial charge in [0.2, 0.25) is 0 Å². The molecule has 1 heterocycles. The topological polar surface area (TPSA) is 54.7 Å². The number of nitrogen functional groups attached to an aromatic ring is 1. The first kappa shape index (κ1) is 12.0. The summed E-state index contributed by atoms with van der Waals surface area (Å²) in [6.07, 6.45) is 5.53. The molecule has 104 valence electrons. The van der Waals surface area contributed by atoms with Crippen LogP contribution in [-0.2, 0) is 0 Å². The molecule has 2 aromatic rings. The lowest BCUT2D eigenvalue weighted by atomic mass is 9.98. The second-order valence-electron chi connectivity index (χ2n) is 6.35. The van der Waals surface area contributed by atoms with E-state index in [1.807, 2.05) is 0 Å². The fourth-order valence-corrected chi connectivity index (χ4v) is 4.17. The van der Waals surface area contributed by atoms with Gasteiger partial charge in [0.25, 0.3) is 0 Å². The fourth-order valence-electron chi connectivity index (χ4n) is 4.17. The molecular formula is C17H21N3. The molecule has 0 spiro atoms. The number of rotatable bonds is 2. The fraction of sp³-hybridized carbons (Fsp3) is 0.471. The maximum atomic E-state index is 6.15. The Morgan fingerprint density at radius 1 is 1.15 bits per heavy atom. The molecule has 2 aliphatic carbocycles. The molecule has 0 bridgehead atoms. The first-order chi connectivity index (χ1) is 9.77. The highest BCUT2D eigenvalue weighted by atomic mass is 15.2. The minimum absolute atomic E-state index is 0.651. The molecule has 2 unspecified atom stereocenters. The molecule has 0 aliphatic heterocycles.